The highest BCUT2D eigenvalue weighted by molar-refractivity contribution is 5.79. The number of allylic oxidation sites excluding steroid dienone is 2. The Morgan fingerprint density at radius 1 is 1.20 bits per heavy atom. The third-order valence-corrected chi connectivity index (χ3v) is 3.61. The number of hydrogen-bond acceptors (Lipinski definition) is 2. The molecule has 0 spiro atoms. The summed E-state index contributed by atoms with van der Waals surface area (Å²) in [5.74, 6) is 0.270. The summed E-state index contributed by atoms with van der Waals surface area (Å²) >= 11 is 0. The Kier molecular flexibility index (Phi) is 3.63. The monoisotopic (exact) mass is 267 g/mol. The summed E-state index contributed by atoms with van der Waals surface area (Å²) in [6.45, 7) is 0.582. The quantitative estimate of drug-likeness (QED) is 0.837. The van der Waals surface area contributed by atoms with Crippen LogP contribution in [0.15, 0.2) is 48.7 Å². The standard InChI is InChI=1S/C16H17N3O/c20-16(14-3-1-2-4-14)17-11-12-5-7-13(8-6-12)15-9-10-18-19-15/h1-2,5-10,14H,3-4,11H2,(H,17,20)(H,18,19). The molecule has 0 aliphatic heterocycles. The van der Waals surface area contributed by atoms with Gasteiger partial charge in [0.15, 0.2) is 0 Å². The predicted octanol–water partition coefficient (Wildman–Crippen LogP) is 2.66. The summed E-state index contributed by atoms with van der Waals surface area (Å²) in [6, 6.07) is 10.1. The second-order valence-electron chi connectivity index (χ2n) is 5.02. The van der Waals surface area contributed by atoms with Gasteiger partial charge in [0.2, 0.25) is 5.91 Å². The second kappa shape index (κ2) is 5.74. The Bertz CT molecular complexity index is 591. The first-order valence-corrected chi connectivity index (χ1v) is 6.84. The Hall–Kier alpha value is -2.36. The van der Waals surface area contributed by atoms with Crippen LogP contribution in [0.5, 0.6) is 0 Å². The van der Waals surface area contributed by atoms with Gasteiger partial charge in [0, 0.05) is 18.7 Å². The average molecular weight is 267 g/mol. The molecule has 0 radical (unpaired) electrons. The molecule has 0 atom stereocenters. The van der Waals surface area contributed by atoms with Crippen molar-refractivity contribution >= 4 is 5.91 Å². The van der Waals surface area contributed by atoms with Crippen molar-refractivity contribution in [3.05, 3.63) is 54.2 Å². The number of aromatic amines is 1. The molecule has 0 bridgehead atoms. The number of nitrogens with one attached hydrogen (secondary N) is 2. The number of carbonyl (C=O) groups excluding carboxylic acids is 1. The smallest absolute Gasteiger partial charge is 0.224 e. The van der Waals surface area contributed by atoms with E-state index >= 15 is 0 Å². The topological polar surface area (TPSA) is 57.8 Å². The molecule has 3 rings (SSSR count). The number of aromatic nitrogens is 2. The van der Waals surface area contributed by atoms with Gasteiger partial charge in [0.1, 0.15) is 0 Å². The van der Waals surface area contributed by atoms with Crippen LogP contribution in [-0.2, 0) is 11.3 Å². The van der Waals surface area contributed by atoms with Crippen molar-refractivity contribution in [3.8, 4) is 11.3 Å². The first-order chi connectivity index (χ1) is 9.83. The maximum absolute atomic E-state index is 11.9. The minimum Gasteiger partial charge on any atom is -0.352 e. The zero-order valence-electron chi connectivity index (χ0n) is 11.2. The van der Waals surface area contributed by atoms with Gasteiger partial charge in [0.05, 0.1) is 5.69 Å². The number of H-pyrrole nitrogens is 1. The zero-order valence-corrected chi connectivity index (χ0v) is 11.2. The summed E-state index contributed by atoms with van der Waals surface area (Å²) < 4.78 is 0. The molecule has 20 heavy (non-hydrogen) atoms. The minimum absolute atomic E-state index is 0.124. The van der Waals surface area contributed by atoms with Crippen molar-refractivity contribution < 1.29 is 4.79 Å². The molecule has 1 aliphatic rings. The van der Waals surface area contributed by atoms with Crippen LogP contribution >= 0.6 is 0 Å². The van der Waals surface area contributed by atoms with E-state index in [-0.39, 0.29) is 11.8 Å². The Labute approximate surface area is 117 Å². The summed E-state index contributed by atoms with van der Waals surface area (Å²) in [6.07, 6.45) is 7.61. The van der Waals surface area contributed by atoms with E-state index in [0.29, 0.717) is 6.54 Å². The van der Waals surface area contributed by atoms with E-state index in [1.165, 1.54) is 0 Å². The van der Waals surface area contributed by atoms with E-state index in [0.717, 1.165) is 29.7 Å². The fraction of sp³-hybridized carbons (Fsp3) is 0.250. The largest absolute Gasteiger partial charge is 0.352 e. The molecular weight excluding hydrogens is 250 g/mol. The van der Waals surface area contributed by atoms with Crippen LogP contribution in [0.4, 0.5) is 0 Å². The third-order valence-electron chi connectivity index (χ3n) is 3.61. The Morgan fingerprint density at radius 2 is 1.95 bits per heavy atom. The van der Waals surface area contributed by atoms with Crippen molar-refractivity contribution in [1.29, 1.82) is 0 Å². The maximum atomic E-state index is 11.9. The molecule has 1 heterocycles. The lowest BCUT2D eigenvalue weighted by molar-refractivity contribution is -0.124. The zero-order chi connectivity index (χ0) is 13.8. The molecular formula is C16H17N3O. The van der Waals surface area contributed by atoms with E-state index < -0.39 is 0 Å². The molecule has 0 fully saturated rings. The van der Waals surface area contributed by atoms with E-state index in [4.69, 9.17) is 0 Å². The maximum Gasteiger partial charge on any atom is 0.224 e. The molecule has 1 aromatic heterocycles. The van der Waals surface area contributed by atoms with Gasteiger partial charge in [-0.15, -0.1) is 0 Å². The highest BCUT2D eigenvalue weighted by Gasteiger charge is 2.18. The normalized spacial score (nSPS) is 14.6. The van der Waals surface area contributed by atoms with E-state index in [1.54, 1.807) is 6.20 Å². The number of amides is 1. The number of carbonyl (C=O) groups is 1. The number of benzene rings is 1. The van der Waals surface area contributed by atoms with Crippen LogP contribution in [0.1, 0.15) is 18.4 Å². The third kappa shape index (κ3) is 2.79. The Morgan fingerprint density at radius 3 is 2.60 bits per heavy atom. The average Bonchev–Trinajstić information content (AvgIpc) is 3.18. The van der Waals surface area contributed by atoms with Crippen LogP contribution < -0.4 is 5.32 Å². The first-order valence-electron chi connectivity index (χ1n) is 6.84. The molecule has 0 unspecified atom stereocenters. The number of hydrogen-bond donors (Lipinski definition) is 2. The lowest BCUT2D eigenvalue weighted by atomic mass is 10.1. The summed E-state index contributed by atoms with van der Waals surface area (Å²) in [5.41, 5.74) is 3.20. The molecule has 0 saturated carbocycles. The fourth-order valence-electron chi connectivity index (χ4n) is 2.38. The summed E-state index contributed by atoms with van der Waals surface area (Å²) in [4.78, 5) is 11.9. The molecule has 4 heteroatoms. The molecule has 2 aromatic rings. The van der Waals surface area contributed by atoms with Gasteiger partial charge in [0.25, 0.3) is 0 Å². The van der Waals surface area contributed by atoms with Gasteiger partial charge in [-0.2, -0.15) is 5.10 Å². The molecule has 102 valence electrons. The summed E-state index contributed by atoms with van der Waals surface area (Å²) in [7, 11) is 0. The Balaban J connectivity index is 1.57. The molecule has 1 amide bonds. The molecule has 1 aliphatic carbocycles. The second-order valence-corrected chi connectivity index (χ2v) is 5.02. The van der Waals surface area contributed by atoms with Crippen molar-refractivity contribution in [2.75, 3.05) is 0 Å². The predicted molar refractivity (Wildman–Crippen MR) is 77.7 cm³/mol. The van der Waals surface area contributed by atoms with Crippen LogP contribution in [0.3, 0.4) is 0 Å². The highest BCUT2D eigenvalue weighted by Crippen LogP contribution is 2.19. The van der Waals surface area contributed by atoms with Gasteiger partial charge in [-0.3, -0.25) is 9.89 Å². The minimum atomic E-state index is 0.124. The van der Waals surface area contributed by atoms with E-state index in [2.05, 4.69) is 27.7 Å². The van der Waals surface area contributed by atoms with Crippen LogP contribution in [0.25, 0.3) is 11.3 Å². The number of nitrogens with zero attached hydrogens (tertiary/aromatic N) is 1. The van der Waals surface area contributed by atoms with Gasteiger partial charge < -0.3 is 5.32 Å². The molecule has 2 N–H and O–H groups in total. The molecule has 0 saturated heterocycles. The van der Waals surface area contributed by atoms with Crippen molar-refractivity contribution in [2.24, 2.45) is 5.92 Å². The first kappa shape index (κ1) is 12.7. The van der Waals surface area contributed by atoms with E-state index in [1.807, 2.05) is 30.3 Å². The lowest BCUT2D eigenvalue weighted by Gasteiger charge is -2.10. The fourth-order valence-corrected chi connectivity index (χ4v) is 2.38. The molecule has 4 nitrogen and oxygen atoms in total. The van der Waals surface area contributed by atoms with Gasteiger partial charge in [-0.05, 0) is 30.0 Å². The van der Waals surface area contributed by atoms with Crippen molar-refractivity contribution in [2.45, 2.75) is 19.4 Å². The van der Waals surface area contributed by atoms with Crippen LogP contribution in [-0.4, -0.2) is 16.1 Å². The van der Waals surface area contributed by atoms with Crippen molar-refractivity contribution in [3.63, 3.8) is 0 Å². The van der Waals surface area contributed by atoms with Crippen molar-refractivity contribution in [1.82, 2.24) is 15.5 Å². The SMILES string of the molecule is O=C(NCc1ccc(-c2ccn[nH]2)cc1)C1CC=CC1. The van der Waals surface area contributed by atoms with Gasteiger partial charge in [-0.1, -0.05) is 36.4 Å². The van der Waals surface area contributed by atoms with Crippen LogP contribution in [0.2, 0.25) is 0 Å². The van der Waals surface area contributed by atoms with E-state index in [9.17, 15) is 4.79 Å². The van der Waals surface area contributed by atoms with Crippen LogP contribution in [0, 0.1) is 5.92 Å². The molecule has 1 aromatic carbocycles. The number of rotatable bonds is 4. The lowest BCUT2D eigenvalue weighted by Crippen LogP contribution is -2.28. The van der Waals surface area contributed by atoms with Gasteiger partial charge in [-0.25, -0.2) is 0 Å². The summed E-state index contributed by atoms with van der Waals surface area (Å²) in [5, 5.41) is 9.87. The highest BCUT2D eigenvalue weighted by atomic mass is 16.1. The van der Waals surface area contributed by atoms with Gasteiger partial charge >= 0.3 is 0 Å².